The first-order chi connectivity index (χ1) is 14.7. The van der Waals surface area contributed by atoms with Crippen molar-refractivity contribution >= 4 is 28.3 Å². The lowest BCUT2D eigenvalue weighted by atomic mass is 10.0. The van der Waals surface area contributed by atoms with Gasteiger partial charge in [-0.1, -0.05) is 23.7 Å². The van der Waals surface area contributed by atoms with E-state index in [2.05, 4.69) is 4.98 Å². The lowest BCUT2D eigenvalue weighted by Crippen LogP contribution is -2.23. The summed E-state index contributed by atoms with van der Waals surface area (Å²) in [5.74, 6) is 0.578. The number of nitrogen functional groups attached to an aromatic ring is 1. The van der Waals surface area contributed by atoms with Crippen LogP contribution in [0.5, 0.6) is 5.75 Å². The van der Waals surface area contributed by atoms with E-state index in [1.165, 1.54) is 19.2 Å². The van der Waals surface area contributed by atoms with Crippen molar-refractivity contribution in [1.29, 1.82) is 0 Å². The molecular formula is C22H15ClF3N3O2. The number of nitrogens with zero attached hydrogens (tertiary/aromatic N) is 2. The monoisotopic (exact) mass is 445 g/mol. The third-order valence-corrected chi connectivity index (χ3v) is 5.09. The summed E-state index contributed by atoms with van der Waals surface area (Å²) in [7, 11) is 1.51. The van der Waals surface area contributed by atoms with Crippen molar-refractivity contribution in [2.75, 3.05) is 12.8 Å². The molecule has 0 saturated heterocycles. The Morgan fingerprint density at radius 3 is 2.29 bits per heavy atom. The quantitative estimate of drug-likeness (QED) is 0.463. The van der Waals surface area contributed by atoms with Gasteiger partial charge in [0, 0.05) is 16.9 Å². The third kappa shape index (κ3) is 3.70. The van der Waals surface area contributed by atoms with Crippen molar-refractivity contribution < 1.29 is 17.9 Å². The first-order valence-electron chi connectivity index (χ1n) is 9.02. The number of aromatic nitrogens is 2. The Morgan fingerprint density at radius 1 is 1.06 bits per heavy atom. The fourth-order valence-corrected chi connectivity index (χ4v) is 3.45. The average molecular weight is 446 g/mol. The molecule has 2 N–H and O–H groups in total. The number of halogens is 4. The van der Waals surface area contributed by atoms with Gasteiger partial charge in [0.25, 0.3) is 5.56 Å². The first kappa shape index (κ1) is 20.7. The molecule has 0 atom stereocenters. The number of ether oxygens (including phenoxy) is 1. The number of nitrogens with two attached hydrogens (primary N) is 1. The van der Waals surface area contributed by atoms with Crippen LogP contribution in [0, 0.1) is 0 Å². The molecule has 0 saturated carbocycles. The molecule has 0 radical (unpaired) electrons. The number of anilines is 1. The molecule has 4 rings (SSSR count). The third-order valence-electron chi connectivity index (χ3n) is 4.84. The zero-order valence-corrected chi connectivity index (χ0v) is 16.8. The highest BCUT2D eigenvalue weighted by Gasteiger charge is 2.32. The van der Waals surface area contributed by atoms with Gasteiger partial charge in [0.15, 0.2) is 0 Å². The van der Waals surface area contributed by atoms with Gasteiger partial charge in [-0.05, 0) is 48.0 Å². The van der Waals surface area contributed by atoms with Crippen LogP contribution in [0.2, 0.25) is 5.02 Å². The van der Waals surface area contributed by atoms with Gasteiger partial charge in [-0.3, -0.25) is 14.3 Å². The van der Waals surface area contributed by atoms with E-state index in [-0.39, 0.29) is 22.3 Å². The molecule has 0 spiro atoms. The zero-order chi connectivity index (χ0) is 22.3. The number of rotatable bonds is 3. The SMILES string of the molecule is COc1ccc(-c2c(N)c3ncc(C(F)(F)F)cc3n(-c3ccc(Cl)cc3)c2=O)cc1. The van der Waals surface area contributed by atoms with Gasteiger partial charge in [-0.25, -0.2) is 0 Å². The molecule has 0 bridgehead atoms. The Hall–Kier alpha value is -3.52. The van der Waals surface area contributed by atoms with Gasteiger partial charge in [0.05, 0.1) is 29.4 Å². The van der Waals surface area contributed by atoms with E-state index in [4.69, 9.17) is 22.1 Å². The number of pyridine rings is 2. The van der Waals surface area contributed by atoms with Crippen molar-refractivity contribution in [1.82, 2.24) is 9.55 Å². The highest BCUT2D eigenvalue weighted by molar-refractivity contribution is 6.30. The first-order valence-corrected chi connectivity index (χ1v) is 9.40. The molecular weight excluding hydrogens is 431 g/mol. The summed E-state index contributed by atoms with van der Waals surface area (Å²) in [6.45, 7) is 0. The van der Waals surface area contributed by atoms with Crippen LogP contribution in [-0.2, 0) is 6.18 Å². The predicted octanol–water partition coefficient (Wildman–Crippen LogP) is 5.32. The summed E-state index contributed by atoms with van der Waals surface area (Å²) >= 11 is 5.94. The second-order valence-corrected chi connectivity index (χ2v) is 7.16. The van der Waals surface area contributed by atoms with E-state index in [0.717, 1.165) is 10.6 Å². The Kier molecular flexibility index (Phi) is 5.10. The summed E-state index contributed by atoms with van der Waals surface area (Å²) in [4.78, 5) is 17.5. The summed E-state index contributed by atoms with van der Waals surface area (Å²) < 4.78 is 46.3. The molecule has 0 aliphatic heterocycles. The van der Waals surface area contributed by atoms with Crippen molar-refractivity contribution in [3.05, 3.63) is 81.7 Å². The van der Waals surface area contributed by atoms with Crippen molar-refractivity contribution in [3.63, 3.8) is 0 Å². The summed E-state index contributed by atoms with van der Waals surface area (Å²) in [5.41, 5.74) is 5.61. The molecule has 0 aliphatic rings. The lowest BCUT2D eigenvalue weighted by Gasteiger charge is -2.17. The molecule has 158 valence electrons. The highest BCUT2D eigenvalue weighted by Crippen LogP contribution is 2.35. The van der Waals surface area contributed by atoms with E-state index in [0.29, 0.717) is 28.2 Å². The van der Waals surface area contributed by atoms with E-state index in [9.17, 15) is 18.0 Å². The van der Waals surface area contributed by atoms with Gasteiger partial charge in [-0.2, -0.15) is 13.2 Å². The van der Waals surface area contributed by atoms with Crippen molar-refractivity contribution in [2.45, 2.75) is 6.18 Å². The summed E-state index contributed by atoms with van der Waals surface area (Å²) in [6, 6.07) is 13.6. The second kappa shape index (κ2) is 7.63. The molecule has 0 unspecified atom stereocenters. The topological polar surface area (TPSA) is 70.1 Å². The van der Waals surface area contributed by atoms with Crippen LogP contribution in [0.25, 0.3) is 27.8 Å². The number of hydrogen-bond donors (Lipinski definition) is 1. The fourth-order valence-electron chi connectivity index (χ4n) is 3.32. The molecule has 9 heteroatoms. The Bertz CT molecular complexity index is 1330. The average Bonchev–Trinajstić information content (AvgIpc) is 2.74. The molecule has 0 aliphatic carbocycles. The smallest absolute Gasteiger partial charge is 0.417 e. The maximum Gasteiger partial charge on any atom is 0.417 e. The van der Waals surface area contributed by atoms with Crippen LogP contribution in [0.3, 0.4) is 0 Å². The number of alkyl halides is 3. The molecule has 31 heavy (non-hydrogen) atoms. The summed E-state index contributed by atoms with van der Waals surface area (Å²) in [6.07, 6.45) is -3.93. The van der Waals surface area contributed by atoms with E-state index < -0.39 is 17.3 Å². The van der Waals surface area contributed by atoms with Gasteiger partial charge in [0.1, 0.15) is 11.3 Å². The Balaban J connectivity index is 2.11. The van der Waals surface area contributed by atoms with Crippen LogP contribution in [0.4, 0.5) is 18.9 Å². The zero-order valence-electron chi connectivity index (χ0n) is 16.1. The molecule has 2 heterocycles. The molecule has 2 aromatic heterocycles. The fraction of sp³-hybridized carbons (Fsp3) is 0.0909. The summed E-state index contributed by atoms with van der Waals surface area (Å²) in [5, 5.41) is 0.418. The van der Waals surface area contributed by atoms with E-state index in [1.54, 1.807) is 36.4 Å². The minimum absolute atomic E-state index is 0.0101. The molecule has 4 aromatic rings. The van der Waals surface area contributed by atoms with Gasteiger partial charge in [-0.15, -0.1) is 0 Å². The maximum atomic E-state index is 13.5. The molecule has 2 aromatic carbocycles. The van der Waals surface area contributed by atoms with Gasteiger partial charge >= 0.3 is 6.18 Å². The van der Waals surface area contributed by atoms with Crippen molar-refractivity contribution in [2.24, 2.45) is 0 Å². The number of fused-ring (bicyclic) bond motifs is 1. The second-order valence-electron chi connectivity index (χ2n) is 6.72. The largest absolute Gasteiger partial charge is 0.497 e. The number of benzene rings is 2. The van der Waals surface area contributed by atoms with Gasteiger partial charge < -0.3 is 10.5 Å². The van der Waals surface area contributed by atoms with Crippen LogP contribution in [0.15, 0.2) is 65.6 Å². The lowest BCUT2D eigenvalue weighted by molar-refractivity contribution is -0.137. The number of hydrogen-bond acceptors (Lipinski definition) is 4. The Morgan fingerprint density at radius 2 is 1.71 bits per heavy atom. The van der Waals surface area contributed by atoms with Crippen LogP contribution >= 0.6 is 11.6 Å². The maximum absolute atomic E-state index is 13.5. The highest BCUT2D eigenvalue weighted by atomic mass is 35.5. The molecule has 5 nitrogen and oxygen atoms in total. The normalized spacial score (nSPS) is 11.6. The van der Waals surface area contributed by atoms with Crippen molar-refractivity contribution in [3.8, 4) is 22.6 Å². The van der Waals surface area contributed by atoms with Crippen LogP contribution in [-0.4, -0.2) is 16.7 Å². The minimum atomic E-state index is -4.63. The Labute approximate surface area is 179 Å². The van der Waals surface area contributed by atoms with Crippen LogP contribution < -0.4 is 16.0 Å². The molecule has 0 fully saturated rings. The number of methoxy groups -OCH3 is 1. The minimum Gasteiger partial charge on any atom is -0.497 e. The predicted molar refractivity (Wildman–Crippen MR) is 114 cm³/mol. The van der Waals surface area contributed by atoms with Gasteiger partial charge in [0.2, 0.25) is 0 Å². The van der Waals surface area contributed by atoms with E-state index >= 15 is 0 Å². The molecule has 0 amide bonds. The van der Waals surface area contributed by atoms with E-state index in [1.807, 2.05) is 0 Å². The van der Waals surface area contributed by atoms with Crippen LogP contribution in [0.1, 0.15) is 5.56 Å². The standard InChI is InChI=1S/C22H15ClF3N3O2/c1-31-16-8-2-12(3-9-16)18-19(27)20-17(10-13(11-28-20)22(24,25)26)29(21(18)30)15-6-4-14(23)5-7-15/h2-11H,27H2,1H3.